The van der Waals surface area contributed by atoms with Gasteiger partial charge in [-0.1, -0.05) is 60.7 Å². The Labute approximate surface area is 132 Å². The zero-order valence-corrected chi connectivity index (χ0v) is 13.0. The maximum Gasteiger partial charge on any atom is 0.137 e. The third-order valence-corrected chi connectivity index (χ3v) is 3.91. The first-order valence-electron chi connectivity index (χ1n) is 7.93. The van der Waals surface area contributed by atoms with Crippen LogP contribution in [0.1, 0.15) is 24.3 Å². The van der Waals surface area contributed by atoms with Crippen LogP contribution in [-0.4, -0.2) is 30.8 Å². The molecule has 1 aliphatic heterocycles. The SMILES string of the molecule is CCOCC1CN(Cc2ccccc2)C(c2ccccc2)O1. The summed E-state index contributed by atoms with van der Waals surface area (Å²) in [6, 6.07) is 21.0. The largest absolute Gasteiger partial charge is 0.379 e. The normalized spacial score (nSPS) is 22.0. The Balaban J connectivity index is 1.75. The highest BCUT2D eigenvalue weighted by molar-refractivity contribution is 5.20. The van der Waals surface area contributed by atoms with E-state index in [0.29, 0.717) is 6.61 Å². The minimum atomic E-state index is 0.00635. The third-order valence-electron chi connectivity index (χ3n) is 3.91. The zero-order chi connectivity index (χ0) is 15.2. The predicted molar refractivity (Wildman–Crippen MR) is 87.4 cm³/mol. The topological polar surface area (TPSA) is 21.7 Å². The Kier molecular flexibility index (Phi) is 5.22. The molecule has 0 bridgehead atoms. The molecule has 1 fully saturated rings. The van der Waals surface area contributed by atoms with Crippen LogP contribution >= 0.6 is 0 Å². The Morgan fingerprint density at radius 1 is 1.05 bits per heavy atom. The van der Waals surface area contributed by atoms with Crippen molar-refractivity contribution in [3.63, 3.8) is 0 Å². The summed E-state index contributed by atoms with van der Waals surface area (Å²) in [5.74, 6) is 0. The molecule has 2 aromatic carbocycles. The lowest BCUT2D eigenvalue weighted by atomic mass is 10.1. The Hall–Kier alpha value is -1.68. The fourth-order valence-electron chi connectivity index (χ4n) is 2.88. The number of hydrogen-bond acceptors (Lipinski definition) is 3. The molecule has 1 heterocycles. The van der Waals surface area contributed by atoms with Crippen molar-refractivity contribution in [2.45, 2.75) is 25.8 Å². The van der Waals surface area contributed by atoms with E-state index in [9.17, 15) is 0 Å². The van der Waals surface area contributed by atoms with Crippen molar-refractivity contribution in [2.75, 3.05) is 19.8 Å². The summed E-state index contributed by atoms with van der Waals surface area (Å²) in [7, 11) is 0. The van der Waals surface area contributed by atoms with Crippen LogP contribution in [0.15, 0.2) is 60.7 Å². The van der Waals surface area contributed by atoms with Gasteiger partial charge < -0.3 is 9.47 Å². The van der Waals surface area contributed by atoms with E-state index in [0.717, 1.165) is 19.7 Å². The van der Waals surface area contributed by atoms with Crippen molar-refractivity contribution in [1.29, 1.82) is 0 Å². The lowest BCUT2D eigenvalue weighted by Gasteiger charge is -2.23. The smallest absolute Gasteiger partial charge is 0.137 e. The lowest BCUT2D eigenvalue weighted by Crippen LogP contribution is -2.25. The van der Waals surface area contributed by atoms with E-state index in [1.807, 2.05) is 13.0 Å². The second-order valence-corrected chi connectivity index (χ2v) is 5.60. The number of benzene rings is 2. The molecule has 1 aliphatic rings. The molecule has 0 aliphatic carbocycles. The van der Waals surface area contributed by atoms with Gasteiger partial charge in [0.1, 0.15) is 6.23 Å². The van der Waals surface area contributed by atoms with E-state index in [4.69, 9.17) is 9.47 Å². The average Bonchev–Trinajstić information content (AvgIpc) is 2.97. The van der Waals surface area contributed by atoms with Crippen LogP contribution < -0.4 is 0 Å². The number of ether oxygens (including phenoxy) is 2. The van der Waals surface area contributed by atoms with E-state index in [1.54, 1.807) is 0 Å². The molecule has 0 amide bonds. The first-order valence-corrected chi connectivity index (χ1v) is 7.93. The second kappa shape index (κ2) is 7.54. The fraction of sp³-hybridized carbons (Fsp3) is 0.368. The van der Waals surface area contributed by atoms with E-state index in [-0.39, 0.29) is 12.3 Å². The molecule has 22 heavy (non-hydrogen) atoms. The van der Waals surface area contributed by atoms with Gasteiger partial charge in [0.25, 0.3) is 0 Å². The van der Waals surface area contributed by atoms with Crippen molar-refractivity contribution in [1.82, 2.24) is 4.90 Å². The summed E-state index contributed by atoms with van der Waals surface area (Å²) in [5.41, 5.74) is 2.52. The summed E-state index contributed by atoms with van der Waals surface area (Å²) in [5, 5.41) is 0. The van der Waals surface area contributed by atoms with Crippen LogP contribution in [0.4, 0.5) is 0 Å². The van der Waals surface area contributed by atoms with Gasteiger partial charge >= 0.3 is 0 Å². The van der Waals surface area contributed by atoms with Crippen LogP contribution in [-0.2, 0) is 16.0 Å². The minimum absolute atomic E-state index is 0.00635. The van der Waals surface area contributed by atoms with Crippen molar-refractivity contribution in [2.24, 2.45) is 0 Å². The molecule has 116 valence electrons. The molecular formula is C19H23NO2. The molecule has 0 aromatic heterocycles. The predicted octanol–water partition coefficient (Wildman–Crippen LogP) is 3.62. The molecule has 3 nitrogen and oxygen atoms in total. The Morgan fingerprint density at radius 2 is 1.73 bits per heavy atom. The molecule has 3 rings (SSSR count). The number of rotatable bonds is 6. The summed E-state index contributed by atoms with van der Waals surface area (Å²) in [6.45, 7) is 5.20. The van der Waals surface area contributed by atoms with E-state index >= 15 is 0 Å². The lowest BCUT2D eigenvalue weighted by molar-refractivity contribution is -0.0349. The summed E-state index contributed by atoms with van der Waals surface area (Å²) < 4.78 is 11.8. The van der Waals surface area contributed by atoms with Crippen molar-refractivity contribution in [3.05, 3.63) is 71.8 Å². The summed E-state index contributed by atoms with van der Waals surface area (Å²) >= 11 is 0. The minimum Gasteiger partial charge on any atom is -0.379 e. The van der Waals surface area contributed by atoms with E-state index in [2.05, 4.69) is 59.5 Å². The maximum atomic E-state index is 6.24. The quantitative estimate of drug-likeness (QED) is 0.813. The molecule has 0 N–H and O–H groups in total. The Bertz CT molecular complexity index is 558. The van der Waals surface area contributed by atoms with Crippen LogP contribution in [0.5, 0.6) is 0 Å². The van der Waals surface area contributed by atoms with Gasteiger partial charge in [-0.05, 0) is 18.1 Å². The molecule has 1 saturated heterocycles. The van der Waals surface area contributed by atoms with Gasteiger partial charge in [0.05, 0.1) is 12.7 Å². The zero-order valence-electron chi connectivity index (χ0n) is 13.0. The van der Waals surface area contributed by atoms with Crippen molar-refractivity contribution >= 4 is 0 Å². The van der Waals surface area contributed by atoms with Gasteiger partial charge in [-0.3, -0.25) is 4.90 Å². The molecule has 2 atom stereocenters. The van der Waals surface area contributed by atoms with E-state index < -0.39 is 0 Å². The number of hydrogen-bond donors (Lipinski definition) is 0. The van der Waals surface area contributed by atoms with Crippen LogP contribution in [0.2, 0.25) is 0 Å². The van der Waals surface area contributed by atoms with Gasteiger partial charge in [0, 0.05) is 19.7 Å². The van der Waals surface area contributed by atoms with Crippen molar-refractivity contribution in [3.8, 4) is 0 Å². The van der Waals surface area contributed by atoms with E-state index in [1.165, 1.54) is 11.1 Å². The van der Waals surface area contributed by atoms with Gasteiger partial charge in [0.2, 0.25) is 0 Å². The maximum absolute atomic E-state index is 6.24. The van der Waals surface area contributed by atoms with Crippen molar-refractivity contribution < 1.29 is 9.47 Å². The Morgan fingerprint density at radius 3 is 2.41 bits per heavy atom. The molecule has 2 unspecified atom stereocenters. The summed E-state index contributed by atoms with van der Waals surface area (Å²) in [4.78, 5) is 2.38. The third kappa shape index (κ3) is 3.74. The van der Waals surface area contributed by atoms with Crippen LogP contribution in [0.3, 0.4) is 0 Å². The first kappa shape index (κ1) is 15.2. The number of nitrogens with zero attached hydrogens (tertiary/aromatic N) is 1. The molecule has 0 radical (unpaired) electrons. The second-order valence-electron chi connectivity index (χ2n) is 5.60. The standard InChI is InChI=1S/C19H23NO2/c1-2-21-15-18-14-20(13-16-9-5-3-6-10-16)19(22-18)17-11-7-4-8-12-17/h3-12,18-19H,2,13-15H2,1H3. The molecule has 2 aromatic rings. The van der Waals surface area contributed by atoms with Gasteiger partial charge in [-0.25, -0.2) is 0 Å². The average molecular weight is 297 g/mol. The van der Waals surface area contributed by atoms with Gasteiger partial charge in [-0.15, -0.1) is 0 Å². The molecular weight excluding hydrogens is 274 g/mol. The highest BCUT2D eigenvalue weighted by Gasteiger charge is 2.33. The van der Waals surface area contributed by atoms with Crippen LogP contribution in [0.25, 0.3) is 0 Å². The molecule has 0 spiro atoms. The van der Waals surface area contributed by atoms with Crippen LogP contribution in [0, 0.1) is 0 Å². The fourth-order valence-corrected chi connectivity index (χ4v) is 2.88. The monoisotopic (exact) mass is 297 g/mol. The molecule has 0 saturated carbocycles. The highest BCUT2D eigenvalue weighted by atomic mass is 16.6. The molecule has 3 heteroatoms. The van der Waals surface area contributed by atoms with Gasteiger partial charge in [0.15, 0.2) is 0 Å². The summed E-state index contributed by atoms with van der Waals surface area (Å²) in [6.07, 6.45) is 0.140. The van der Waals surface area contributed by atoms with Gasteiger partial charge in [-0.2, -0.15) is 0 Å². The first-order chi connectivity index (χ1) is 10.9. The highest BCUT2D eigenvalue weighted by Crippen LogP contribution is 2.31.